The van der Waals surface area contributed by atoms with Crippen molar-refractivity contribution in [3.8, 4) is 0 Å². The maximum Gasteiger partial charge on any atom is 0.408 e. The van der Waals surface area contributed by atoms with Gasteiger partial charge in [-0.15, -0.1) is 6.58 Å². The number of aliphatic carboxylic acids is 2. The number of carbonyl (C=O) groups is 3. The maximum absolute atomic E-state index is 11.3. The van der Waals surface area contributed by atoms with Crippen LogP contribution in [-0.2, 0) is 14.3 Å². The molecule has 7 nitrogen and oxygen atoms in total. The van der Waals surface area contributed by atoms with Crippen molar-refractivity contribution in [2.75, 3.05) is 6.61 Å². The van der Waals surface area contributed by atoms with Crippen LogP contribution in [0.15, 0.2) is 12.7 Å². The fourth-order valence-electron chi connectivity index (χ4n) is 1.33. The topological polar surface area (TPSA) is 113 Å². The zero-order valence-corrected chi connectivity index (χ0v) is 10.1. The van der Waals surface area contributed by atoms with Crippen LogP contribution in [0.1, 0.15) is 26.2 Å². The molecule has 0 heterocycles. The van der Waals surface area contributed by atoms with Crippen LogP contribution >= 0.6 is 0 Å². The lowest BCUT2D eigenvalue weighted by Gasteiger charge is -2.26. The molecule has 0 bridgehead atoms. The third-order valence-electron chi connectivity index (χ3n) is 2.29. The number of rotatable bonds is 8. The van der Waals surface area contributed by atoms with Gasteiger partial charge in [-0.3, -0.25) is 4.79 Å². The van der Waals surface area contributed by atoms with E-state index < -0.39 is 23.6 Å². The first-order valence-electron chi connectivity index (χ1n) is 5.41. The summed E-state index contributed by atoms with van der Waals surface area (Å²) in [6.45, 7) is 5.06. The van der Waals surface area contributed by atoms with Crippen LogP contribution in [0.25, 0.3) is 0 Å². The smallest absolute Gasteiger partial charge is 0.408 e. The first kappa shape index (κ1) is 16.0. The predicted molar refractivity (Wildman–Crippen MR) is 62.2 cm³/mol. The van der Waals surface area contributed by atoms with Gasteiger partial charge in [-0.05, 0) is 19.8 Å². The van der Waals surface area contributed by atoms with Crippen LogP contribution in [0.3, 0.4) is 0 Å². The van der Waals surface area contributed by atoms with Crippen LogP contribution in [-0.4, -0.2) is 40.4 Å². The third kappa shape index (κ3) is 4.86. The molecule has 3 N–H and O–H groups in total. The van der Waals surface area contributed by atoms with E-state index >= 15 is 0 Å². The molecule has 0 aromatic carbocycles. The molecular weight excluding hydrogens is 242 g/mol. The molecule has 1 amide bonds. The Balaban J connectivity index is 4.71. The van der Waals surface area contributed by atoms with Crippen molar-refractivity contribution in [1.29, 1.82) is 0 Å². The Morgan fingerprint density at radius 1 is 1.39 bits per heavy atom. The number of hydrogen-bond acceptors (Lipinski definition) is 4. The first-order valence-corrected chi connectivity index (χ1v) is 5.41. The lowest BCUT2D eigenvalue weighted by atomic mass is 9.93. The third-order valence-corrected chi connectivity index (χ3v) is 2.29. The van der Waals surface area contributed by atoms with Gasteiger partial charge in [0.05, 0.1) is 6.61 Å². The van der Waals surface area contributed by atoms with Crippen molar-refractivity contribution < 1.29 is 29.3 Å². The minimum Gasteiger partial charge on any atom is -0.481 e. The average Bonchev–Trinajstić information content (AvgIpc) is 2.27. The van der Waals surface area contributed by atoms with Crippen molar-refractivity contribution in [3.63, 3.8) is 0 Å². The molecule has 0 aromatic heterocycles. The number of amides is 1. The van der Waals surface area contributed by atoms with Crippen molar-refractivity contribution in [3.05, 3.63) is 12.7 Å². The highest BCUT2D eigenvalue weighted by atomic mass is 16.5. The number of carboxylic acid groups (broad SMARTS) is 2. The van der Waals surface area contributed by atoms with Gasteiger partial charge in [0.15, 0.2) is 5.54 Å². The summed E-state index contributed by atoms with van der Waals surface area (Å²) in [4.78, 5) is 32.8. The van der Waals surface area contributed by atoms with E-state index in [0.717, 1.165) is 6.08 Å². The quantitative estimate of drug-likeness (QED) is 0.560. The summed E-state index contributed by atoms with van der Waals surface area (Å²) in [5.41, 5.74) is -1.71. The van der Waals surface area contributed by atoms with Crippen LogP contribution in [0, 0.1) is 0 Å². The van der Waals surface area contributed by atoms with E-state index in [0.29, 0.717) is 0 Å². The highest BCUT2D eigenvalue weighted by Crippen LogP contribution is 2.17. The van der Waals surface area contributed by atoms with Gasteiger partial charge in [0, 0.05) is 6.42 Å². The van der Waals surface area contributed by atoms with Gasteiger partial charge in [-0.2, -0.15) is 0 Å². The average molecular weight is 259 g/mol. The monoisotopic (exact) mass is 259 g/mol. The summed E-state index contributed by atoms with van der Waals surface area (Å²) < 4.78 is 4.60. The Morgan fingerprint density at radius 2 is 2.00 bits per heavy atom. The molecule has 0 spiro atoms. The Morgan fingerprint density at radius 3 is 2.39 bits per heavy atom. The molecule has 0 fully saturated rings. The lowest BCUT2D eigenvalue weighted by Crippen LogP contribution is -2.53. The Kier molecular flexibility index (Phi) is 6.48. The number of alkyl carbamates (subject to hydrolysis) is 1. The van der Waals surface area contributed by atoms with Crippen LogP contribution in [0.5, 0.6) is 0 Å². The molecule has 0 saturated heterocycles. The van der Waals surface area contributed by atoms with Crippen LogP contribution in [0.4, 0.5) is 4.79 Å². The summed E-state index contributed by atoms with van der Waals surface area (Å²) in [7, 11) is 0. The summed E-state index contributed by atoms with van der Waals surface area (Å²) in [5.74, 6) is -2.34. The zero-order valence-electron chi connectivity index (χ0n) is 10.1. The molecule has 0 rings (SSSR count). The fourth-order valence-corrected chi connectivity index (χ4v) is 1.33. The van der Waals surface area contributed by atoms with Crippen molar-refractivity contribution in [2.24, 2.45) is 0 Å². The first-order chi connectivity index (χ1) is 8.38. The molecule has 102 valence electrons. The predicted octanol–water partition coefficient (Wildman–Crippen LogP) is 0.997. The van der Waals surface area contributed by atoms with E-state index in [9.17, 15) is 14.4 Å². The van der Waals surface area contributed by atoms with E-state index in [1.807, 2.05) is 0 Å². The molecule has 0 aliphatic rings. The minimum absolute atomic E-state index is 0.0725. The molecule has 7 heteroatoms. The van der Waals surface area contributed by atoms with Gasteiger partial charge in [0.1, 0.15) is 0 Å². The molecule has 1 unspecified atom stereocenters. The lowest BCUT2D eigenvalue weighted by molar-refractivity contribution is -0.143. The van der Waals surface area contributed by atoms with Crippen LogP contribution < -0.4 is 5.32 Å². The summed E-state index contributed by atoms with van der Waals surface area (Å²) >= 11 is 0. The second-order valence-electron chi connectivity index (χ2n) is 3.57. The highest BCUT2D eigenvalue weighted by molar-refractivity contribution is 5.86. The van der Waals surface area contributed by atoms with Gasteiger partial charge in [-0.1, -0.05) is 6.08 Å². The van der Waals surface area contributed by atoms with Crippen LogP contribution in [0.2, 0.25) is 0 Å². The summed E-state index contributed by atoms with van der Waals surface area (Å²) in [5, 5.41) is 19.8. The molecule has 0 saturated carbocycles. The second-order valence-corrected chi connectivity index (χ2v) is 3.57. The molecular formula is C11H17NO6. The largest absolute Gasteiger partial charge is 0.481 e. The summed E-state index contributed by atoms with van der Waals surface area (Å²) in [6, 6.07) is 0. The molecule has 0 aliphatic carbocycles. The van der Waals surface area contributed by atoms with E-state index in [-0.39, 0.29) is 25.9 Å². The number of nitrogens with one attached hydrogen (secondary N) is 1. The fraction of sp³-hybridized carbons (Fsp3) is 0.545. The molecule has 18 heavy (non-hydrogen) atoms. The van der Waals surface area contributed by atoms with Gasteiger partial charge in [-0.25, -0.2) is 9.59 Å². The standard InChI is InChI=1S/C11H17NO6/c1-3-11(9(15)16,7-5-6-8(13)14)12-10(17)18-4-2/h3H,1,4-7H2,2H3,(H,12,17)(H,13,14)(H,15,16). The van der Waals surface area contributed by atoms with E-state index in [1.54, 1.807) is 6.92 Å². The number of carboxylic acids is 2. The number of carbonyl (C=O) groups excluding carboxylic acids is 1. The number of hydrogen-bond donors (Lipinski definition) is 3. The van der Waals surface area contributed by atoms with E-state index in [2.05, 4.69) is 16.6 Å². The minimum atomic E-state index is -1.71. The second kappa shape index (κ2) is 7.31. The van der Waals surface area contributed by atoms with Gasteiger partial charge < -0.3 is 20.3 Å². The summed E-state index contributed by atoms with van der Waals surface area (Å²) in [6.07, 6.45) is 0.0218. The molecule has 0 radical (unpaired) electrons. The van der Waals surface area contributed by atoms with Crippen molar-refractivity contribution in [2.45, 2.75) is 31.7 Å². The molecule has 0 aliphatic heterocycles. The van der Waals surface area contributed by atoms with Gasteiger partial charge in [0.25, 0.3) is 0 Å². The highest BCUT2D eigenvalue weighted by Gasteiger charge is 2.37. The van der Waals surface area contributed by atoms with E-state index in [4.69, 9.17) is 10.2 Å². The normalized spacial score (nSPS) is 13.2. The van der Waals surface area contributed by atoms with E-state index in [1.165, 1.54) is 0 Å². The van der Waals surface area contributed by atoms with Crippen molar-refractivity contribution >= 4 is 18.0 Å². The maximum atomic E-state index is 11.3. The van der Waals surface area contributed by atoms with Gasteiger partial charge in [0.2, 0.25) is 0 Å². The zero-order chi connectivity index (χ0) is 14.2. The Bertz CT molecular complexity index is 340. The molecule has 0 aromatic rings. The SMILES string of the molecule is C=CC(CCCC(=O)O)(NC(=O)OCC)C(=O)O. The van der Waals surface area contributed by atoms with Crippen molar-refractivity contribution in [1.82, 2.24) is 5.32 Å². The Labute approximate surface area is 104 Å². The Hall–Kier alpha value is -2.05. The van der Waals surface area contributed by atoms with Gasteiger partial charge >= 0.3 is 18.0 Å². The number of ether oxygens (including phenoxy) is 1. The molecule has 1 atom stereocenters.